The predicted molar refractivity (Wildman–Crippen MR) is 80.0 cm³/mol. The molecule has 2 aromatic rings. The van der Waals surface area contributed by atoms with Crippen molar-refractivity contribution in [3.63, 3.8) is 0 Å². The summed E-state index contributed by atoms with van der Waals surface area (Å²) in [6.07, 6.45) is 3.94. The number of aromatic nitrogens is 2. The maximum Gasteiger partial charge on any atom is 0.254 e. The predicted octanol–water partition coefficient (Wildman–Crippen LogP) is 1.04. The van der Waals surface area contributed by atoms with E-state index in [1.807, 2.05) is 29.2 Å². The molecule has 0 radical (unpaired) electrons. The molecule has 2 aliphatic heterocycles. The van der Waals surface area contributed by atoms with Gasteiger partial charge in [0.25, 0.3) is 5.91 Å². The summed E-state index contributed by atoms with van der Waals surface area (Å²) >= 11 is 0. The molecule has 0 aliphatic carbocycles. The topological polar surface area (TPSA) is 78.1 Å². The van der Waals surface area contributed by atoms with Crippen molar-refractivity contribution in [2.24, 2.45) is 5.92 Å². The van der Waals surface area contributed by atoms with Crippen LogP contribution >= 0.6 is 0 Å². The summed E-state index contributed by atoms with van der Waals surface area (Å²) in [5.74, 6) is 1.03. The number of nitrogens with one attached hydrogen (secondary N) is 2. The Labute approximate surface area is 127 Å². The van der Waals surface area contributed by atoms with Crippen LogP contribution in [0.3, 0.4) is 0 Å². The zero-order chi connectivity index (χ0) is 15.1. The minimum atomic E-state index is -0.00403. The van der Waals surface area contributed by atoms with Gasteiger partial charge < -0.3 is 15.2 Å². The minimum Gasteiger partial charge on any atom is -0.351 e. The van der Waals surface area contributed by atoms with Crippen LogP contribution in [0.1, 0.15) is 16.8 Å². The lowest BCUT2D eigenvalue weighted by molar-refractivity contribution is -0.119. The van der Waals surface area contributed by atoms with Crippen LogP contribution in [0.25, 0.3) is 11.4 Å². The Morgan fingerprint density at radius 2 is 2.14 bits per heavy atom. The zero-order valence-electron chi connectivity index (χ0n) is 12.0. The number of carbonyl (C=O) groups is 2. The normalized spacial score (nSPS) is 23.5. The Morgan fingerprint density at radius 3 is 2.91 bits per heavy atom. The highest BCUT2D eigenvalue weighted by atomic mass is 16.2. The first kappa shape index (κ1) is 13.1. The molecule has 2 N–H and O–H groups in total. The van der Waals surface area contributed by atoms with E-state index in [1.165, 1.54) is 0 Å². The Kier molecular flexibility index (Phi) is 2.96. The minimum absolute atomic E-state index is 0.00403. The van der Waals surface area contributed by atoms with Crippen molar-refractivity contribution in [3.05, 3.63) is 42.2 Å². The van der Waals surface area contributed by atoms with Gasteiger partial charge in [-0.3, -0.25) is 9.59 Å². The average molecular weight is 296 g/mol. The molecule has 1 aromatic carbocycles. The number of likely N-dealkylation sites (tertiary alicyclic amines) is 1. The number of fused-ring (bicyclic) bond motifs is 1. The highest BCUT2D eigenvalue weighted by Crippen LogP contribution is 2.28. The lowest BCUT2D eigenvalue weighted by atomic mass is 10.0. The van der Waals surface area contributed by atoms with E-state index in [9.17, 15) is 9.59 Å². The standard InChI is InChI=1S/C16H16N4O2/c21-14-7-10-8-20(9-13(10)19-14)16(22)12-4-2-1-3-11(12)15-17-5-6-18-15/h1-6,10,13H,7-9H2,(H,17,18)(H,19,21)/t10-,13+/m0/s1. The second-order valence-corrected chi connectivity index (χ2v) is 5.83. The SMILES string of the molecule is O=C1C[C@H]2CN(C(=O)c3ccccc3-c3ncc[nH]3)C[C@H]2N1. The zero-order valence-corrected chi connectivity index (χ0v) is 12.0. The van der Waals surface area contributed by atoms with Gasteiger partial charge in [0, 0.05) is 43.4 Å². The van der Waals surface area contributed by atoms with Crippen molar-refractivity contribution in [2.45, 2.75) is 12.5 Å². The van der Waals surface area contributed by atoms with Gasteiger partial charge in [-0.1, -0.05) is 18.2 Å². The number of nitrogens with zero attached hydrogens (tertiary/aromatic N) is 2. The van der Waals surface area contributed by atoms with Crippen LogP contribution in [-0.4, -0.2) is 45.8 Å². The van der Waals surface area contributed by atoms with Crippen LogP contribution in [0.15, 0.2) is 36.7 Å². The third-order valence-electron chi connectivity index (χ3n) is 4.43. The summed E-state index contributed by atoms with van der Waals surface area (Å²) in [6.45, 7) is 1.22. The van der Waals surface area contributed by atoms with Crippen LogP contribution in [-0.2, 0) is 4.79 Å². The molecule has 4 rings (SSSR count). The number of carbonyl (C=O) groups excluding carboxylic acids is 2. The van der Waals surface area contributed by atoms with E-state index < -0.39 is 0 Å². The Balaban J connectivity index is 1.61. The summed E-state index contributed by atoms with van der Waals surface area (Å²) < 4.78 is 0. The molecule has 2 fully saturated rings. The van der Waals surface area contributed by atoms with Crippen molar-refractivity contribution < 1.29 is 9.59 Å². The first-order valence-electron chi connectivity index (χ1n) is 7.40. The van der Waals surface area contributed by atoms with Gasteiger partial charge in [0.15, 0.2) is 0 Å². The van der Waals surface area contributed by atoms with Gasteiger partial charge in [0.2, 0.25) is 5.91 Å². The van der Waals surface area contributed by atoms with Crippen LogP contribution in [0.2, 0.25) is 0 Å². The molecule has 112 valence electrons. The molecule has 1 aromatic heterocycles. The number of aromatic amines is 1. The summed E-state index contributed by atoms with van der Waals surface area (Å²) in [5.41, 5.74) is 1.45. The number of H-pyrrole nitrogens is 1. The Bertz CT molecular complexity index is 710. The third-order valence-corrected chi connectivity index (χ3v) is 4.43. The van der Waals surface area contributed by atoms with Crippen molar-refractivity contribution in [3.8, 4) is 11.4 Å². The molecule has 0 bridgehead atoms. The summed E-state index contributed by atoms with van der Waals surface area (Å²) in [7, 11) is 0. The Hall–Kier alpha value is -2.63. The van der Waals surface area contributed by atoms with Crippen molar-refractivity contribution in [2.75, 3.05) is 13.1 Å². The van der Waals surface area contributed by atoms with E-state index in [-0.39, 0.29) is 23.8 Å². The summed E-state index contributed by atoms with van der Waals surface area (Å²) in [4.78, 5) is 33.3. The van der Waals surface area contributed by atoms with Gasteiger partial charge in [-0.2, -0.15) is 0 Å². The number of benzene rings is 1. The van der Waals surface area contributed by atoms with Gasteiger partial charge in [-0.15, -0.1) is 0 Å². The number of hydrogen-bond donors (Lipinski definition) is 2. The number of hydrogen-bond acceptors (Lipinski definition) is 3. The first-order valence-corrected chi connectivity index (χ1v) is 7.40. The summed E-state index contributed by atoms with van der Waals surface area (Å²) in [6, 6.07) is 7.58. The van der Waals surface area contributed by atoms with E-state index >= 15 is 0 Å². The molecular formula is C16H16N4O2. The van der Waals surface area contributed by atoms with Gasteiger partial charge in [-0.25, -0.2) is 4.98 Å². The van der Waals surface area contributed by atoms with E-state index in [0.29, 0.717) is 30.9 Å². The monoisotopic (exact) mass is 296 g/mol. The second-order valence-electron chi connectivity index (χ2n) is 5.83. The van der Waals surface area contributed by atoms with E-state index in [1.54, 1.807) is 12.4 Å². The van der Waals surface area contributed by atoms with Gasteiger partial charge in [-0.05, 0) is 6.07 Å². The van der Waals surface area contributed by atoms with Gasteiger partial charge >= 0.3 is 0 Å². The fraction of sp³-hybridized carbons (Fsp3) is 0.312. The number of imidazole rings is 1. The maximum absolute atomic E-state index is 12.8. The smallest absolute Gasteiger partial charge is 0.254 e. The molecule has 6 heteroatoms. The fourth-order valence-corrected chi connectivity index (χ4v) is 3.37. The Morgan fingerprint density at radius 1 is 1.27 bits per heavy atom. The molecule has 6 nitrogen and oxygen atoms in total. The molecule has 0 unspecified atom stereocenters. The van der Waals surface area contributed by atoms with Gasteiger partial charge in [0.1, 0.15) is 5.82 Å². The molecule has 3 heterocycles. The quantitative estimate of drug-likeness (QED) is 0.869. The average Bonchev–Trinajstić information content (AvgIpc) is 3.22. The molecular weight excluding hydrogens is 280 g/mol. The van der Waals surface area contributed by atoms with Crippen LogP contribution in [0, 0.1) is 5.92 Å². The largest absolute Gasteiger partial charge is 0.351 e. The lowest BCUT2D eigenvalue weighted by Crippen LogP contribution is -2.35. The highest BCUT2D eigenvalue weighted by Gasteiger charge is 2.41. The molecule has 22 heavy (non-hydrogen) atoms. The molecule has 2 atom stereocenters. The van der Waals surface area contributed by atoms with E-state index in [0.717, 1.165) is 5.56 Å². The molecule has 2 amide bonds. The van der Waals surface area contributed by atoms with Crippen LogP contribution in [0.4, 0.5) is 0 Å². The van der Waals surface area contributed by atoms with E-state index in [4.69, 9.17) is 0 Å². The maximum atomic E-state index is 12.8. The molecule has 0 spiro atoms. The van der Waals surface area contributed by atoms with Gasteiger partial charge in [0.05, 0.1) is 11.6 Å². The summed E-state index contributed by atoms with van der Waals surface area (Å²) in [5, 5.41) is 2.94. The third kappa shape index (κ3) is 2.07. The first-order chi connectivity index (χ1) is 10.7. The number of rotatable bonds is 2. The fourth-order valence-electron chi connectivity index (χ4n) is 3.37. The number of amides is 2. The second kappa shape index (κ2) is 4.98. The van der Waals surface area contributed by atoms with Crippen LogP contribution in [0.5, 0.6) is 0 Å². The van der Waals surface area contributed by atoms with E-state index in [2.05, 4.69) is 15.3 Å². The van der Waals surface area contributed by atoms with Crippen molar-refractivity contribution in [1.29, 1.82) is 0 Å². The van der Waals surface area contributed by atoms with Crippen LogP contribution < -0.4 is 5.32 Å². The molecule has 2 saturated heterocycles. The lowest BCUT2D eigenvalue weighted by Gasteiger charge is -2.18. The van der Waals surface area contributed by atoms with Crippen molar-refractivity contribution >= 4 is 11.8 Å². The molecule has 0 saturated carbocycles. The highest BCUT2D eigenvalue weighted by molar-refractivity contribution is 6.00. The molecule has 2 aliphatic rings. The van der Waals surface area contributed by atoms with Crippen molar-refractivity contribution in [1.82, 2.24) is 20.2 Å².